The summed E-state index contributed by atoms with van der Waals surface area (Å²) in [6.45, 7) is 3.19. The molecule has 0 saturated heterocycles. The maximum atomic E-state index is 11.7. The normalized spacial score (nSPS) is 10.1. The highest BCUT2D eigenvalue weighted by Gasteiger charge is 2.03. The van der Waals surface area contributed by atoms with Crippen molar-refractivity contribution >= 4 is 6.08 Å². The van der Waals surface area contributed by atoms with E-state index in [1.165, 1.54) is 12.3 Å². The van der Waals surface area contributed by atoms with Gasteiger partial charge in [0.1, 0.15) is 0 Å². The molecule has 0 aliphatic heterocycles. The summed E-state index contributed by atoms with van der Waals surface area (Å²) in [7, 11) is 0. The molecule has 0 aromatic carbocycles. The first-order valence-corrected chi connectivity index (χ1v) is 5.29. The van der Waals surface area contributed by atoms with E-state index < -0.39 is 6.61 Å². The lowest BCUT2D eigenvalue weighted by atomic mass is 10.2. The average molecular weight is 229 g/mol. The van der Waals surface area contributed by atoms with Crippen molar-refractivity contribution in [3.05, 3.63) is 30.0 Å². The summed E-state index contributed by atoms with van der Waals surface area (Å²) in [5.41, 5.74) is 0.869. The Kier molecular flexibility index (Phi) is 8.03. The van der Waals surface area contributed by atoms with Crippen LogP contribution >= 0.6 is 0 Å². The summed E-state index contributed by atoms with van der Waals surface area (Å²) in [6, 6.07) is 3.10. The molecule has 0 fully saturated rings. The molecule has 1 aromatic rings. The fourth-order valence-electron chi connectivity index (χ4n) is 0.905. The van der Waals surface area contributed by atoms with E-state index >= 15 is 0 Å². The number of rotatable bonds is 4. The van der Waals surface area contributed by atoms with Gasteiger partial charge in [0.15, 0.2) is 0 Å². The van der Waals surface area contributed by atoms with Gasteiger partial charge < -0.3 is 4.74 Å². The summed E-state index contributed by atoms with van der Waals surface area (Å²) in [4.78, 5) is 3.72. The van der Waals surface area contributed by atoms with Gasteiger partial charge in [0.05, 0.1) is 0 Å². The second kappa shape index (κ2) is 8.83. The maximum absolute atomic E-state index is 11.7. The number of hydrogen-bond donors (Lipinski definition) is 0. The predicted molar refractivity (Wildman–Crippen MR) is 61.5 cm³/mol. The highest BCUT2D eigenvalue weighted by atomic mass is 19.3. The first-order chi connectivity index (χ1) is 7.72. The molecular formula is C12H17F2NO. The molecule has 0 radical (unpaired) electrons. The fraction of sp³-hybridized carbons (Fsp3) is 0.417. The van der Waals surface area contributed by atoms with E-state index in [2.05, 4.69) is 9.72 Å². The number of aromatic nitrogens is 1. The molecule has 4 heteroatoms. The Morgan fingerprint density at radius 2 is 2.06 bits per heavy atom. The second-order valence-corrected chi connectivity index (χ2v) is 2.62. The topological polar surface area (TPSA) is 22.1 Å². The summed E-state index contributed by atoms with van der Waals surface area (Å²) >= 11 is 0. The zero-order valence-corrected chi connectivity index (χ0v) is 9.78. The van der Waals surface area contributed by atoms with Gasteiger partial charge in [0.25, 0.3) is 0 Å². The standard InChI is InChI=1S/C10H11F2NO.C2H6/c1-2-3-4-8-5-6-9(13-7-8)14-10(11)12;1-2/h3-7,10H,2H2,1H3;1-2H3/b4-3+;. The molecule has 0 amide bonds. The largest absolute Gasteiger partial charge is 0.417 e. The molecule has 0 aliphatic rings. The van der Waals surface area contributed by atoms with E-state index in [9.17, 15) is 8.78 Å². The zero-order chi connectivity index (χ0) is 12.4. The maximum Gasteiger partial charge on any atom is 0.388 e. The third-order valence-electron chi connectivity index (χ3n) is 1.52. The SMILES string of the molecule is CC.CC/C=C/c1ccc(OC(F)F)nc1. The molecule has 0 unspecified atom stereocenters. The summed E-state index contributed by atoms with van der Waals surface area (Å²) in [6.07, 6.45) is 6.25. The van der Waals surface area contributed by atoms with Crippen molar-refractivity contribution in [2.75, 3.05) is 0 Å². The van der Waals surface area contributed by atoms with Crippen LogP contribution in [0.5, 0.6) is 5.88 Å². The molecule has 0 N–H and O–H groups in total. The van der Waals surface area contributed by atoms with Crippen LogP contribution in [0.3, 0.4) is 0 Å². The Morgan fingerprint density at radius 1 is 1.38 bits per heavy atom. The summed E-state index contributed by atoms with van der Waals surface area (Å²) in [5.74, 6) is -0.0614. The smallest absolute Gasteiger partial charge is 0.388 e. The fourth-order valence-corrected chi connectivity index (χ4v) is 0.905. The molecule has 0 spiro atoms. The van der Waals surface area contributed by atoms with Crippen molar-refractivity contribution in [1.29, 1.82) is 0 Å². The van der Waals surface area contributed by atoms with Crippen LogP contribution in [0.15, 0.2) is 24.4 Å². The minimum Gasteiger partial charge on any atom is -0.417 e. The second-order valence-electron chi connectivity index (χ2n) is 2.62. The molecule has 1 rings (SSSR count). The molecule has 0 bridgehead atoms. The molecular weight excluding hydrogens is 212 g/mol. The van der Waals surface area contributed by atoms with Gasteiger partial charge >= 0.3 is 6.61 Å². The van der Waals surface area contributed by atoms with Crippen LogP contribution < -0.4 is 4.74 Å². The molecule has 0 aliphatic carbocycles. The van der Waals surface area contributed by atoms with Gasteiger partial charge in [-0.1, -0.05) is 32.9 Å². The Bertz CT molecular complexity index is 296. The van der Waals surface area contributed by atoms with E-state index in [4.69, 9.17) is 0 Å². The molecule has 90 valence electrons. The molecule has 16 heavy (non-hydrogen) atoms. The lowest BCUT2D eigenvalue weighted by Gasteiger charge is -2.02. The van der Waals surface area contributed by atoms with E-state index in [1.807, 2.05) is 32.9 Å². The van der Waals surface area contributed by atoms with Crippen molar-refractivity contribution in [1.82, 2.24) is 4.98 Å². The Balaban J connectivity index is 0.00000106. The third kappa shape index (κ3) is 6.11. The predicted octanol–water partition coefficient (Wildman–Crippen LogP) is 4.13. The monoisotopic (exact) mass is 229 g/mol. The number of alkyl halides is 2. The van der Waals surface area contributed by atoms with Crippen LogP contribution in [0.2, 0.25) is 0 Å². The van der Waals surface area contributed by atoms with Crippen LogP contribution in [0.4, 0.5) is 8.78 Å². The molecule has 1 heterocycles. The lowest BCUT2D eigenvalue weighted by Crippen LogP contribution is -2.03. The van der Waals surface area contributed by atoms with Crippen LogP contribution in [-0.4, -0.2) is 11.6 Å². The van der Waals surface area contributed by atoms with Gasteiger partial charge in [0, 0.05) is 12.3 Å². The average Bonchev–Trinajstić information content (AvgIpc) is 2.30. The van der Waals surface area contributed by atoms with Gasteiger partial charge in [0.2, 0.25) is 5.88 Å². The van der Waals surface area contributed by atoms with E-state index in [1.54, 1.807) is 6.07 Å². The number of ether oxygens (including phenoxy) is 1. The highest BCUT2D eigenvalue weighted by Crippen LogP contribution is 2.11. The quantitative estimate of drug-likeness (QED) is 0.774. The highest BCUT2D eigenvalue weighted by molar-refractivity contribution is 5.48. The van der Waals surface area contributed by atoms with Crippen molar-refractivity contribution in [2.24, 2.45) is 0 Å². The van der Waals surface area contributed by atoms with E-state index in [0.717, 1.165) is 12.0 Å². The van der Waals surface area contributed by atoms with Gasteiger partial charge in [-0.2, -0.15) is 8.78 Å². The van der Waals surface area contributed by atoms with Crippen LogP contribution in [-0.2, 0) is 0 Å². The van der Waals surface area contributed by atoms with Gasteiger partial charge in [-0.3, -0.25) is 0 Å². The molecule has 0 saturated carbocycles. The first-order valence-electron chi connectivity index (χ1n) is 5.29. The number of halogens is 2. The number of pyridine rings is 1. The summed E-state index contributed by atoms with van der Waals surface area (Å²) < 4.78 is 27.6. The third-order valence-corrected chi connectivity index (χ3v) is 1.52. The van der Waals surface area contributed by atoms with Crippen molar-refractivity contribution in [3.63, 3.8) is 0 Å². The zero-order valence-electron chi connectivity index (χ0n) is 9.78. The van der Waals surface area contributed by atoms with E-state index in [0.29, 0.717) is 0 Å². The number of nitrogens with zero attached hydrogens (tertiary/aromatic N) is 1. The minimum absolute atomic E-state index is 0.0614. The van der Waals surface area contributed by atoms with Crippen LogP contribution in [0.25, 0.3) is 6.08 Å². The molecule has 0 atom stereocenters. The molecule has 1 aromatic heterocycles. The Morgan fingerprint density at radius 3 is 2.50 bits per heavy atom. The lowest BCUT2D eigenvalue weighted by molar-refractivity contribution is -0.0528. The minimum atomic E-state index is -2.82. The van der Waals surface area contributed by atoms with E-state index in [-0.39, 0.29) is 5.88 Å². The first kappa shape index (κ1) is 14.6. The van der Waals surface area contributed by atoms with Crippen LogP contribution in [0, 0.1) is 0 Å². The Labute approximate surface area is 95.0 Å². The van der Waals surface area contributed by atoms with Crippen molar-refractivity contribution in [3.8, 4) is 5.88 Å². The Hall–Kier alpha value is -1.45. The number of hydrogen-bond acceptors (Lipinski definition) is 2. The van der Waals surface area contributed by atoms with Gasteiger partial charge in [-0.15, -0.1) is 0 Å². The summed E-state index contributed by atoms with van der Waals surface area (Å²) in [5, 5.41) is 0. The van der Waals surface area contributed by atoms with Crippen molar-refractivity contribution in [2.45, 2.75) is 33.8 Å². The van der Waals surface area contributed by atoms with Crippen LogP contribution in [0.1, 0.15) is 32.8 Å². The van der Waals surface area contributed by atoms with Gasteiger partial charge in [-0.25, -0.2) is 4.98 Å². The molecule has 2 nitrogen and oxygen atoms in total. The number of allylic oxidation sites excluding steroid dienone is 1. The van der Waals surface area contributed by atoms with Gasteiger partial charge in [-0.05, 0) is 18.1 Å². The van der Waals surface area contributed by atoms with Crippen molar-refractivity contribution < 1.29 is 13.5 Å².